The van der Waals surface area contributed by atoms with E-state index in [0.29, 0.717) is 22.7 Å². The third-order valence-corrected chi connectivity index (χ3v) is 5.38. The van der Waals surface area contributed by atoms with Crippen molar-refractivity contribution in [2.24, 2.45) is 17.8 Å². The van der Waals surface area contributed by atoms with Gasteiger partial charge >= 0.3 is 5.97 Å². The zero-order valence-corrected chi connectivity index (χ0v) is 14.3. The molecule has 0 unspecified atom stereocenters. The number of carbonyl (C=O) groups is 2. The molecule has 0 aromatic heterocycles. The summed E-state index contributed by atoms with van der Waals surface area (Å²) in [5.41, 5.74) is 0.0716. The number of hydrogen-bond acceptors (Lipinski definition) is 3. The molecule has 1 aromatic carbocycles. The summed E-state index contributed by atoms with van der Waals surface area (Å²) >= 11 is 3.15. The van der Waals surface area contributed by atoms with Gasteiger partial charge in [0.1, 0.15) is 5.82 Å². The first kappa shape index (κ1) is 16.4. The lowest BCUT2D eigenvalue weighted by Gasteiger charge is -2.20. The van der Waals surface area contributed by atoms with Crippen LogP contribution in [0.1, 0.15) is 32.1 Å². The molecule has 23 heavy (non-hydrogen) atoms. The molecular formula is C17H19BrFNO3. The van der Waals surface area contributed by atoms with E-state index in [1.54, 1.807) is 6.07 Å². The minimum absolute atomic E-state index is 0.0716. The summed E-state index contributed by atoms with van der Waals surface area (Å²) in [7, 11) is 0. The average Bonchev–Trinajstić information content (AvgIpc) is 3.11. The van der Waals surface area contributed by atoms with Gasteiger partial charge in [-0.15, -0.1) is 0 Å². The Morgan fingerprint density at radius 2 is 2.13 bits per heavy atom. The van der Waals surface area contributed by atoms with Crippen LogP contribution in [0.25, 0.3) is 0 Å². The fourth-order valence-electron chi connectivity index (χ4n) is 3.82. The summed E-state index contributed by atoms with van der Waals surface area (Å²) in [5.74, 6) is 0.426. The molecule has 0 saturated heterocycles. The first-order valence-electron chi connectivity index (χ1n) is 7.92. The van der Waals surface area contributed by atoms with Crippen LogP contribution in [0.5, 0.6) is 0 Å². The molecule has 6 heteroatoms. The third-order valence-electron chi connectivity index (χ3n) is 4.88. The number of fused-ring (bicyclic) bond motifs is 2. The lowest BCUT2D eigenvalue weighted by molar-refractivity contribution is -0.148. The molecule has 2 fully saturated rings. The Bertz CT molecular complexity index is 622. The minimum atomic E-state index is -0.541. The first-order chi connectivity index (χ1) is 11.0. The van der Waals surface area contributed by atoms with Gasteiger partial charge in [-0.05, 0) is 55.2 Å². The van der Waals surface area contributed by atoms with E-state index in [2.05, 4.69) is 21.2 Å². The summed E-state index contributed by atoms with van der Waals surface area (Å²) in [6, 6.07) is 4.34. The third kappa shape index (κ3) is 4.10. The second kappa shape index (κ2) is 6.99. The Hall–Kier alpha value is -1.43. The number of hydrogen-bond donors (Lipinski definition) is 1. The highest BCUT2D eigenvalue weighted by atomic mass is 79.9. The van der Waals surface area contributed by atoms with E-state index >= 15 is 0 Å². The zero-order valence-electron chi connectivity index (χ0n) is 12.7. The van der Waals surface area contributed by atoms with Gasteiger partial charge in [-0.1, -0.05) is 22.4 Å². The van der Waals surface area contributed by atoms with Crippen molar-refractivity contribution in [2.45, 2.75) is 32.1 Å². The maximum absolute atomic E-state index is 13.6. The summed E-state index contributed by atoms with van der Waals surface area (Å²) in [6.45, 7) is -0.380. The van der Waals surface area contributed by atoms with Crippen molar-refractivity contribution in [2.75, 3.05) is 11.9 Å². The Morgan fingerprint density at radius 1 is 1.30 bits per heavy atom. The van der Waals surface area contributed by atoms with Crippen LogP contribution in [0, 0.1) is 23.6 Å². The summed E-state index contributed by atoms with van der Waals surface area (Å²) in [4.78, 5) is 23.6. The summed E-state index contributed by atoms with van der Waals surface area (Å²) < 4.78 is 19.2. The van der Waals surface area contributed by atoms with Crippen molar-refractivity contribution >= 4 is 33.5 Å². The van der Waals surface area contributed by atoms with Crippen LogP contribution in [0.4, 0.5) is 10.1 Å². The van der Waals surface area contributed by atoms with Crippen LogP contribution in [0.3, 0.4) is 0 Å². The Balaban J connectivity index is 1.42. The standard InChI is InChI=1S/C17H19BrFNO3/c18-13-3-4-15(14(19)8-13)20-16(21)9-23-17(22)7-12-6-10-1-2-11(12)5-10/h3-4,8,10-12H,1-2,5-7,9H2,(H,20,21)/t10-,11-,12-/m1/s1. The summed E-state index contributed by atoms with van der Waals surface area (Å²) in [5, 5.41) is 2.40. The molecule has 3 rings (SSSR count). The number of esters is 1. The first-order valence-corrected chi connectivity index (χ1v) is 8.71. The van der Waals surface area contributed by atoms with Crippen molar-refractivity contribution in [1.82, 2.24) is 0 Å². The molecule has 0 spiro atoms. The van der Waals surface area contributed by atoms with Crippen molar-refractivity contribution in [3.05, 3.63) is 28.5 Å². The van der Waals surface area contributed by atoms with Gasteiger partial charge in [0.05, 0.1) is 5.69 Å². The van der Waals surface area contributed by atoms with Gasteiger partial charge in [0, 0.05) is 10.9 Å². The fraction of sp³-hybridized carbons (Fsp3) is 0.529. The van der Waals surface area contributed by atoms with Crippen LogP contribution in [0.15, 0.2) is 22.7 Å². The quantitative estimate of drug-likeness (QED) is 0.784. The highest BCUT2D eigenvalue weighted by molar-refractivity contribution is 9.10. The molecule has 4 nitrogen and oxygen atoms in total. The highest BCUT2D eigenvalue weighted by Gasteiger charge is 2.40. The molecule has 0 radical (unpaired) electrons. The van der Waals surface area contributed by atoms with Crippen LogP contribution in [0.2, 0.25) is 0 Å². The van der Waals surface area contributed by atoms with Crippen molar-refractivity contribution in [1.29, 1.82) is 0 Å². The lowest BCUT2D eigenvalue weighted by atomic mass is 9.86. The Kier molecular flexibility index (Phi) is 4.99. The molecule has 2 aliphatic carbocycles. The predicted molar refractivity (Wildman–Crippen MR) is 87.2 cm³/mol. The maximum atomic E-state index is 13.6. The molecule has 1 amide bonds. The lowest BCUT2D eigenvalue weighted by Crippen LogP contribution is -2.23. The monoisotopic (exact) mass is 383 g/mol. The highest BCUT2D eigenvalue weighted by Crippen LogP contribution is 2.49. The molecule has 1 N–H and O–H groups in total. The van der Waals surface area contributed by atoms with E-state index in [1.165, 1.54) is 31.4 Å². The molecule has 2 bridgehead atoms. The SMILES string of the molecule is O=C(COC(=O)C[C@H]1C[C@@H]2CC[C@@H]1C2)Nc1ccc(Br)cc1F. The van der Waals surface area contributed by atoms with E-state index in [-0.39, 0.29) is 18.3 Å². The molecule has 0 aliphatic heterocycles. The Labute approximate surface area is 142 Å². The molecule has 3 atom stereocenters. The number of benzene rings is 1. The van der Waals surface area contributed by atoms with Crippen LogP contribution < -0.4 is 5.32 Å². The fourth-order valence-corrected chi connectivity index (χ4v) is 4.16. The van der Waals surface area contributed by atoms with Crippen molar-refractivity contribution in [3.63, 3.8) is 0 Å². The molecule has 124 valence electrons. The van der Waals surface area contributed by atoms with Crippen LogP contribution >= 0.6 is 15.9 Å². The summed E-state index contributed by atoms with van der Waals surface area (Å²) in [6.07, 6.45) is 5.24. The molecule has 2 aliphatic rings. The number of rotatable bonds is 5. The van der Waals surface area contributed by atoms with Crippen molar-refractivity contribution in [3.8, 4) is 0 Å². The average molecular weight is 384 g/mol. The van der Waals surface area contributed by atoms with Gasteiger partial charge < -0.3 is 10.1 Å². The van der Waals surface area contributed by atoms with E-state index in [1.807, 2.05) is 0 Å². The van der Waals surface area contributed by atoms with Gasteiger partial charge in [0.15, 0.2) is 6.61 Å². The second-order valence-corrected chi connectivity index (χ2v) is 7.39. The number of carbonyl (C=O) groups excluding carboxylic acids is 2. The number of amides is 1. The smallest absolute Gasteiger partial charge is 0.306 e. The van der Waals surface area contributed by atoms with Crippen LogP contribution in [-0.2, 0) is 14.3 Å². The van der Waals surface area contributed by atoms with Gasteiger partial charge in [-0.25, -0.2) is 4.39 Å². The van der Waals surface area contributed by atoms with E-state index < -0.39 is 11.7 Å². The minimum Gasteiger partial charge on any atom is -0.456 e. The molecule has 0 heterocycles. The number of ether oxygens (including phenoxy) is 1. The largest absolute Gasteiger partial charge is 0.456 e. The number of anilines is 1. The Morgan fingerprint density at radius 3 is 2.78 bits per heavy atom. The predicted octanol–water partition coefficient (Wildman–Crippen LogP) is 3.90. The van der Waals surface area contributed by atoms with Gasteiger partial charge in [0.2, 0.25) is 0 Å². The normalized spacial score (nSPS) is 25.4. The zero-order chi connectivity index (χ0) is 16.4. The number of nitrogens with one attached hydrogen (secondary N) is 1. The van der Waals surface area contributed by atoms with E-state index in [0.717, 1.165) is 12.3 Å². The molecule has 2 saturated carbocycles. The van der Waals surface area contributed by atoms with Gasteiger partial charge in [0.25, 0.3) is 5.91 Å². The van der Waals surface area contributed by atoms with E-state index in [4.69, 9.17) is 4.74 Å². The van der Waals surface area contributed by atoms with Crippen molar-refractivity contribution < 1.29 is 18.7 Å². The van der Waals surface area contributed by atoms with Crippen LogP contribution in [-0.4, -0.2) is 18.5 Å². The molecular weight excluding hydrogens is 365 g/mol. The molecule has 1 aromatic rings. The number of halogens is 2. The van der Waals surface area contributed by atoms with Gasteiger partial charge in [-0.3, -0.25) is 9.59 Å². The van der Waals surface area contributed by atoms with Gasteiger partial charge in [-0.2, -0.15) is 0 Å². The van der Waals surface area contributed by atoms with E-state index in [9.17, 15) is 14.0 Å². The maximum Gasteiger partial charge on any atom is 0.306 e. The second-order valence-electron chi connectivity index (χ2n) is 6.47. The topological polar surface area (TPSA) is 55.4 Å².